The van der Waals surface area contributed by atoms with Crippen LogP contribution >= 0.6 is 0 Å². The highest BCUT2D eigenvalue weighted by atomic mass is 16.5. The van der Waals surface area contributed by atoms with Crippen molar-refractivity contribution in [1.29, 1.82) is 0 Å². The Labute approximate surface area is 196 Å². The second-order valence-electron chi connectivity index (χ2n) is 10.1. The van der Waals surface area contributed by atoms with Gasteiger partial charge in [0.25, 0.3) is 11.8 Å². The summed E-state index contributed by atoms with van der Waals surface area (Å²) in [6.07, 6.45) is 3.80. The number of amides is 2. The summed E-state index contributed by atoms with van der Waals surface area (Å²) in [6, 6.07) is 13.6. The van der Waals surface area contributed by atoms with Crippen molar-refractivity contribution in [2.75, 3.05) is 37.7 Å². The van der Waals surface area contributed by atoms with E-state index < -0.39 is 0 Å². The average molecular weight is 450 g/mol. The molecule has 2 amide bonds. The van der Waals surface area contributed by atoms with Gasteiger partial charge in [0.15, 0.2) is 6.61 Å². The molecule has 2 aromatic rings. The largest absolute Gasteiger partial charge is 0.482 e. The maximum Gasteiger partial charge on any atom is 0.265 e. The van der Waals surface area contributed by atoms with Crippen LogP contribution in [0, 0.1) is 0 Å². The molecule has 0 saturated carbocycles. The van der Waals surface area contributed by atoms with Gasteiger partial charge in [0.05, 0.1) is 12.2 Å². The minimum absolute atomic E-state index is 0.0263. The van der Waals surface area contributed by atoms with Gasteiger partial charge in [0, 0.05) is 18.7 Å². The number of fused-ring (bicyclic) bond motifs is 1. The summed E-state index contributed by atoms with van der Waals surface area (Å²) in [4.78, 5) is 29.6. The van der Waals surface area contributed by atoms with Gasteiger partial charge in [-0.25, -0.2) is 0 Å². The normalized spacial score (nSPS) is 16.8. The maximum absolute atomic E-state index is 12.7. The van der Waals surface area contributed by atoms with Crippen molar-refractivity contribution in [1.82, 2.24) is 10.2 Å². The van der Waals surface area contributed by atoms with Crippen LogP contribution in [-0.4, -0.2) is 49.5 Å². The molecule has 6 heteroatoms. The Morgan fingerprint density at radius 1 is 1.06 bits per heavy atom. The second kappa shape index (κ2) is 9.96. The molecule has 0 radical (unpaired) electrons. The molecule has 2 aromatic carbocycles. The first kappa shape index (κ1) is 23.3. The number of hydrogen-bond acceptors (Lipinski definition) is 4. The van der Waals surface area contributed by atoms with E-state index in [1.165, 1.54) is 19.3 Å². The molecule has 6 nitrogen and oxygen atoms in total. The average Bonchev–Trinajstić information content (AvgIpc) is 2.81. The number of nitrogens with zero attached hydrogens (tertiary/aromatic N) is 2. The van der Waals surface area contributed by atoms with Crippen LogP contribution < -0.4 is 15.0 Å². The molecule has 0 aromatic heterocycles. The predicted octanol–water partition coefficient (Wildman–Crippen LogP) is 4.13. The van der Waals surface area contributed by atoms with Crippen LogP contribution in [0.15, 0.2) is 42.5 Å². The Morgan fingerprint density at radius 3 is 2.61 bits per heavy atom. The molecular weight excluding hydrogens is 414 g/mol. The quantitative estimate of drug-likeness (QED) is 0.721. The zero-order valence-electron chi connectivity index (χ0n) is 20.0. The summed E-state index contributed by atoms with van der Waals surface area (Å²) in [6.45, 7) is 10.7. The summed E-state index contributed by atoms with van der Waals surface area (Å²) < 4.78 is 5.67. The highest BCUT2D eigenvalue weighted by Crippen LogP contribution is 2.37. The van der Waals surface area contributed by atoms with E-state index in [1.54, 1.807) is 4.90 Å². The second-order valence-corrected chi connectivity index (χ2v) is 10.1. The number of rotatable bonds is 6. The molecule has 0 atom stereocenters. The van der Waals surface area contributed by atoms with E-state index in [2.05, 4.69) is 37.1 Å². The van der Waals surface area contributed by atoms with Crippen LogP contribution in [-0.2, 0) is 16.8 Å². The van der Waals surface area contributed by atoms with Crippen molar-refractivity contribution in [3.05, 3.63) is 59.2 Å². The summed E-state index contributed by atoms with van der Waals surface area (Å²) in [5.74, 6) is 0.566. The fraction of sp³-hybridized carbons (Fsp3) is 0.481. The number of hydrogen-bond donors (Lipinski definition) is 1. The molecule has 1 N–H and O–H groups in total. The molecule has 2 heterocycles. The predicted molar refractivity (Wildman–Crippen MR) is 131 cm³/mol. The molecule has 0 bridgehead atoms. The van der Waals surface area contributed by atoms with Crippen LogP contribution in [0.5, 0.6) is 5.75 Å². The third-order valence-corrected chi connectivity index (χ3v) is 6.46. The minimum atomic E-state index is -0.0788. The summed E-state index contributed by atoms with van der Waals surface area (Å²) in [7, 11) is 0. The highest BCUT2D eigenvalue weighted by Gasteiger charge is 2.27. The van der Waals surface area contributed by atoms with Crippen molar-refractivity contribution in [3.63, 3.8) is 0 Å². The smallest absolute Gasteiger partial charge is 0.265 e. The molecule has 176 valence electrons. The van der Waals surface area contributed by atoms with Gasteiger partial charge in [-0.15, -0.1) is 0 Å². The number of ether oxygens (including phenoxy) is 1. The van der Waals surface area contributed by atoms with Crippen molar-refractivity contribution in [2.45, 2.75) is 52.0 Å². The fourth-order valence-corrected chi connectivity index (χ4v) is 4.45. The standard InChI is InChI=1S/C27H35N3O3/c1-27(2,3)22-10-11-24-23(17-22)30(25(31)19-33-24)18-20-8-7-9-21(16-20)26(32)28-12-15-29-13-5-4-6-14-29/h7-11,16-17H,4-6,12-15,18-19H2,1-3H3,(H,28,32). The molecule has 33 heavy (non-hydrogen) atoms. The van der Waals surface area contributed by atoms with E-state index in [-0.39, 0.29) is 23.8 Å². The molecule has 0 aliphatic carbocycles. The maximum atomic E-state index is 12.7. The molecular formula is C27H35N3O3. The van der Waals surface area contributed by atoms with Gasteiger partial charge < -0.3 is 19.9 Å². The lowest BCUT2D eigenvalue weighted by Crippen LogP contribution is -2.38. The number of likely N-dealkylation sites (tertiary alicyclic amines) is 1. The Morgan fingerprint density at radius 2 is 1.85 bits per heavy atom. The van der Waals surface area contributed by atoms with Crippen molar-refractivity contribution < 1.29 is 14.3 Å². The Bertz CT molecular complexity index is 1010. The Hall–Kier alpha value is -2.86. The number of carbonyl (C=O) groups excluding carboxylic acids is 2. The zero-order chi connectivity index (χ0) is 23.4. The Kier molecular flexibility index (Phi) is 7.03. The number of carbonyl (C=O) groups is 2. The number of nitrogens with one attached hydrogen (secondary N) is 1. The van der Waals surface area contributed by atoms with Gasteiger partial charge in [-0.2, -0.15) is 0 Å². The molecule has 2 aliphatic rings. The lowest BCUT2D eigenvalue weighted by molar-refractivity contribution is -0.121. The van der Waals surface area contributed by atoms with Gasteiger partial charge in [-0.1, -0.05) is 45.4 Å². The van der Waals surface area contributed by atoms with E-state index in [0.717, 1.165) is 36.4 Å². The lowest BCUT2D eigenvalue weighted by Gasteiger charge is -2.31. The first-order valence-electron chi connectivity index (χ1n) is 12.0. The highest BCUT2D eigenvalue weighted by molar-refractivity contribution is 5.98. The SMILES string of the molecule is CC(C)(C)c1ccc2c(c1)N(Cc1cccc(C(=O)NCCN3CCCCC3)c1)C(=O)CO2. The Balaban J connectivity index is 1.45. The molecule has 4 rings (SSSR count). The van der Waals surface area contributed by atoms with Crippen molar-refractivity contribution >= 4 is 17.5 Å². The van der Waals surface area contributed by atoms with Gasteiger partial charge in [-0.05, 0) is 66.7 Å². The lowest BCUT2D eigenvalue weighted by atomic mass is 9.86. The number of anilines is 1. The molecule has 0 spiro atoms. The summed E-state index contributed by atoms with van der Waals surface area (Å²) in [5.41, 5.74) is 3.44. The van der Waals surface area contributed by atoms with E-state index in [0.29, 0.717) is 24.4 Å². The fourth-order valence-electron chi connectivity index (χ4n) is 4.45. The van der Waals surface area contributed by atoms with Crippen LogP contribution in [0.3, 0.4) is 0 Å². The van der Waals surface area contributed by atoms with Gasteiger partial charge in [-0.3, -0.25) is 9.59 Å². The van der Waals surface area contributed by atoms with E-state index >= 15 is 0 Å². The molecule has 1 saturated heterocycles. The van der Waals surface area contributed by atoms with Crippen LogP contribution in [0.4, 0.5) is 5.69 Å². The first-order chi connectivity index (χ1) is 15.8. The zero-order valence-corrected chi connectivity index (χ0v) is 20.0. The minimum Gasteiger partial charge on any atom is -0.482 e. The van der Waals surface area contributed by atoms with E-state index in [4.69, 9.17) is 4.74 Å². The van der Waals surface area contributed by atoms with Crippen molar-refractivity contribution in [2.24, 2.45) is 0 Å². The summed E-state index contributed by atoms with van der Waals surface area (Å²) >= 11 is 0. The molecule has 1 fully saturated rings. The van der Waals surface area contributed by atoms with E-state index in [1.807, 2.05) is 36.4 Å². The van der Waals surface area contributed by atoms with Crippen LogP contribution in [0.25, 0.3) is 0 Å². The van der Waals surface area contributed by atoms with Crippen LogP contribution in [0.1, 0.15) is 61.5 Å². The third kappa shape index (κ3) is 5.74. The topological polar surface area (TPSA) is 61.9 Å². The third-order valence-electron chi connectivity index (χ3n) is 6.46. The van der Waals surface area contributed by atoms with Gasteiger partial charge >= 0.3 is 0 Å². The van der Waals surface area contributed by atoms with Crippen molar-refractivity contribution in [3.8, 4) is 5.75 Å². The van der Waals surface area contributed by atoms with E-state index in [9.17, 15) is 9.59 Å². The summed E-state index contributed by atoms with van der Waals surface area (Å²) in [5, 5.41) is 3.04. The van der Waals surface area contributed by atoms with Gasteiger partial charge in [0.2, 0.25) is 0 Å². The molecule has 0 unspecified atom stereocenters. The van der Waals surface area contributed by atoms with Crippen LogP contribution in [0.2, 0.25) is 0 Å². The monoisotopic (exact) mass is 449 g/mol. The molecule has 2 aliphatic heterocycles. The number of piperidine rings is 1. The van der Waals surface area contributed by atoms with Gasteiger partial charge in [0.1, 0.15) is 5.75 Å². The number of benzene rings is 2. The first-order valence-corrected chi connectivity index (χ1v) is 12.0.